The molecule has 0 bridgehead atoms. The Kier molecular flexibility index (Phi) is 6.61. The van der Waals surface area contributed by atoms with Crippen LogP contribution in [0, 0.1) is 0 Å². The maximum absolute atomic E-state index is 4.75. The van der Waals surface area contributed by atoms with Gasteiger partial charge >= 0.3 is 0 Å². The fourth-order valence-corrected chi connectivity index (χ4v) is 2.55. The molecule has 0 atom stereocenters. The van der Waals surface area contributed by atoms with Crippen LogP contribution in [-0.4, -0.2) is 16.5 Å². The van der Waals surface area contributed by atoms with E-state index in [1.54, 1.807) is 0 Å². The van der Waals surface area contributed by atoms with Gasteiger partial charge in [0, 0.05) is 12.5 Å². The van der Waals surface area contributed by atoms with Gasteiger partial charge in [-0.05, 0) is 42.1 Å². The van der Waals surface area contributed by atoms with Gasteiger partial charge in [0.25, 0.3) is 0 Å². The van der Waals surface area contributed by atoms with E-state index in [-0.39, 0.29) is 0 Å². The highest BCUT2D eigenvalue weighted by molar-refractivity contribution is 9.10. The topological polar surface area (TPSA) is 37.8 Å². The lowest BCUT2D eigenvalue weighted by atomic mass is 10.0. The molecular formula is C14H24BrN3. The van der Waals surface area contributed by atoms with Crippen LogP contribution in [0.4, 0.5) is 5.82 Å². The van der Waals surface area contributed by atoms with E-state index < -0.39 is 0 Å². The second kappa shape index (κ2) is 7.72. The minimum Gasteiger partial charge on any atom is -0.369 e. The average molecular weight is 314 g/mol. The quantitative estimate of drug-likeness (QED) is 0.803. The number of hydrogen-bond acceptors (Lipinski definition) is 3. The monoisotopic (exact) mass is 313 g/mol. The molecule has 0 unspecified atom stereocenters. The summed E-state index contributed by atoms with van der Waals surface area (Å²) in [5.74, 6) is 2.39. The molecule has 1 N–H and O–H groups in total. The second-order valence-corrected chi connectivity index (χ2v) is 5.28. The summed E-state index contributed by atoms with van der Waals surface area (Å²) in [6, 6.07) is 0. The lowest BCUT2D eigenvalue weighted by Gasteiger charge is -2.16. The number of anilines is 1. The molecule has 0 aromatic carbocycles. The van der Waals surface area contributed by atoms with Crippen molar-refractivity contribution in [3.05, 3.63) is 16.0 Å². The molecular weight excluding hydrogens is 290 g/mol. The Labute approximate surface area is 119 Å². The smallest absolute Gasteiger partial charge is 0.144 e. The molecule has 0 fully saturated rings. The Morgan fingerprint density at radius 2 is 1.78 bits per heavy atom. The standard InChI is InChI=1S/C14H24BrN3/c1-5-9-11-12(15)14(16-8-4)18-13(17-11)10(6-2)7-3/h10H,5-9H2,1-4H3,(H,16,17,18). The minimum absolute atomic E-state index is 0.464. The van der Waals surface area contributed by atoms with Crippen molar-refractivity contribution in [1.82, 2.24) is 9.97 Å². The van der Waals surface area contributed by atoms with Gasteiger partial charge in [-0.3, -0.25) is 0 Å². The van der Waals surface area contributed by atoms with Crippen molar-refractivity contribution in [3.8, 4) is 0 Å². The molecule has 0 aliphatic rings. The van der Waals surface area contributed by atoms with Gasteiger partial charge in [0.15, 0.2) is 0 Å². The van der Waals surface area contributed by atoms with Gasteiger partial charge in [0.2, 0.25) is 0 Å². The van der Waals surface area contributed by atoms with Crippen LogP contribution in [-0.2, 0) is 6.42 Å². The van der Waals surface area contributed by atoms with Crippen molar-refractivity contribution in [2.75, 3.05) is 11.9 Å². The van der Waals surface area contributed by atoms with E-state index in [1.807, 2.05) is 0 Å². The predicted molar refractivity (Wildman–Crippen MR) is 81.2 cm³/mol. The zero-order valence-electron chi connectivity index (χ0n) is 11.9. The van der Waals surface area contributed by atoms with Crippen LogP contribution in [0.5, 0.6) is 0 Å². The Balaban J connectivity index is 3.18. The fraction of sp³-hybridized carbons (Fsp3) is 0.714. The van der Waals surface area contributed by atoms with Gasteiger partial charge in [0.05, 0.1) is 10.2 Å². The SMILES string of the molecule is CCCc1nc(C(CC)CC)nc(NCC)c1Br. The van der Waals surface area contributed by atoms with Crippen LogP contribution in [0.15, 0.2) is 4.47 Å². The van der Waals surface area contributed by atoms with E-state index in [2.05, 4.69) is 53.9 Å². The number of rotatable bonds is 7. The summed E-state index contributed by atoms with van der Waals surface area (Å²) in [5.41, 5.74) is 1.13. The van der Waals surface area contributed by atoms with Crippen LogP contribution >= 0.6 is 15.9 Å². The number of halogens is 1. The summed E-state index contributed by atoms with van der Waals surface area (Å²) in [6.45, 7) is 9.55. The number of hydrogen-bond donors (Lipinski definition) is 1. The third kappa shape index (κ3) is 3.67. The molecule has 102 valence electrons. The Bertz CT molecular complexity index is 348. The van der Waals surface area contributed by atoms with E-state index in [4.69, 9.17) is 4.98 Å². The minimum atomic E-state index is 0.464. The van der Waals surface area contributed by atoms with Crippen LogP contribution in [0.2, 0.25) is 0 Å². The number of nitrogens with one attached hydrogen (secondary N) is 1. The first kappa shape index (κ1) is 15.4. The molecule has 0 aliphatic heterocycles. The molecule has 18 heavy (non-hydrogen) atoms. The number of aromatic nitrogens is 2. The van der Waals surface area contributed by atoms with Gasteiger partial charge in [-0.2, -0.15) is 0 Å². The molecule has 1 aromatic heterocycles. The molecule has 0 amide bonds. The average Bonchev–Trinajstić information content (AvgIpc) is 2.36. The highest BCUT2D eigenvalue weighted by Crippen LogP contribution is 2.28. The zero-order valence-corrected chi connectivity index (χ0v) is 13.5. The van der Waals surface area contributed by atoms with E-state index in [1.165, 1.54) is 0 Å². The number of nitrogens with zero attached hydrogens (tertiary/aromatic N) is 2. The number of aryl methyl sites for hydroxylation is 1. The summed E-state index contributed by atoms with van der Waals surface area (Å²) < 4.78 is 1.03. The van der Waals surface area contributed by atoms with Gasteiger partial charge in [-0.25, -0.2) is 9.97 Å². The van der Waals surface area contributed by atoms with Gasteiger partial charge in [-0.15, -0.1) is 0 Å². The van der Waals surface area contributed by atoms with Crippen molar-refractivity contribution in [1.29, 1.82) is 0 Å². The first-order valence-corrected chi connectivity index (χ1v) is 7.77. The molecule has 1 heterocycles. The van der Waals surface area contributed by atoms with Crippen molar-refractivity contribution in [3.63, 3.8) is 0 Å². The molecule has 4 heteroatoms. The maximum Gasteiger partial charge on any atom is 0.144 e. The van der Waals surface area contributed by atoms with Crippen LogP contribution in [0.25, 0.3) is 0 Å². The fourth-order valence-electron chi connectivity index (χ4n) is 2.04. The molecule has 1 aromatic rings. The van der Waals surface area contributed by atoms with Gasteiger partial charge in [0.1, 0.15) is 11.6 Å². The predicted octanol–water partition coefficient (Wildman–Crippen LogP) is 4.53. The largest absolute Gasteiger partial charge is 0.369 e. The first-order valence-electron chi connectivity index (χ1n) is 6.97. The van der Waals surface area contributed by atoms with Gasteiger partial charge in [-0.1, -0.05) is 27.2 Å². The molecule has 0 spiro atoms. The third-order valence-corrected chi connectivity index (χ3v) is 3.95. The van der Waals surface area contributed by atoms with Gasteiger partial charge < -0.3 is 5.32 Å². The highest BCUT2D eigenvalue weighted by Gasteiger charge is 2.16. The zero-order chi connectivity index (χ0) is 13.5. The first-order chi connectivity index (χ1) is 8.67. The van der Waals surface area contributed by atoms with E-state index in [0.29, 0.717) is 5.92 Å². The van der Waals surface area contributed by atoms with E-state index >= 15 is 0 Å². The Morgan fingerprint density at radius 3 is 2.28 bits per heavy atom. The molecule has 0 saturated carbocycles. The van der Waals surface area contributed by atoms with Crippen LogP contribution in [0.1, 0.15) is 64.4 Å². The van der Waals surface area contributed by atoms with Crippen LogP contribution < -0.4 is 5.32 Å². The second-order valence-electron chi connectivity index (χ2n) is 4.48. The molecule has 1 rings (SSSR count). The van der Waals surface area contributed by atoms with Crippen molar-refractivity contribution in [2.24, 2.45) is 0 Å². The lowest BCUT2D eigenvalue weighted by Crippen LogP contribution is -2.11. The summed E-state index contributed by atoms with van der Waals surface area (Å²) in [7, 11) is 0. The van der Waals surface area contributed by atoms with Crippen molar-refractivity contribution in [2.45, 2.75) is 59.3 Å². The van der Waals surface area contributed by atoms with E-state index in [9.17, 15) is 0 Å². The molecule has 0 aliphatic carbocycles. The summed E-state index contributed by atoms with van der Waals surface area (Å²) in [4.78, 5) is 9.43. The summed E-state index contributed by atoms with van der Waals surface area (Å²) in [6.07, 6.45) is 4.28. The molecule has 3 nitrogen and oxygen atoms in total. The Morgan fingerprint density at radius 1 is 1.11 bits per heavy atom. The van der Waals surface area contributed by atoms with Crippen LogP contribution in [0.3, 0.4) is 0 Å². The summed E-state index contributed by atoms with van der Waals surface area (Å²) >= 11 is 3.62. The third-order valence-electron chi connectivity index (χ3n) is 3.12. The van der Waals surface area contributed by atoms with Crippen molar-refractivity contribution < 1.29 is 0 Å². The van der Waals surface area contributed by atoms with E-state index in [0.717, 1.165) is 54.0 Å². The van der Waals surface area contributed by atoms with Crippen molar-refractivity contribution >= 4 is 21.7 Å². The Hall–Kier alpha value is -0.640. The normalized spacial score (nSPS) is 11.0. The highest BCUT2D eigenvalue weighted by atomic mass is 79.9. The lowest BCUT2D eigenvalue weighted by molar-refractivity contribution is 0.596. The maximum atomic E-state index is 4.75. The summed E-state index contributed by atoms with van der Waals surface area (Å²) in [5, 5.41) is 3.32. The molecule has 0 saturated heterocycles. The molecule has 0 radical (unpaired) electrons.